The van der Waals surface area contributed by atoms with E-state index >= 15 is 0 Å². The maximum absolute atomic E-state index is 13.1. The number of carbonyl (C=O) groups is 2. The van der Waals surface area contributed by atoms with E-state index in [4.69, 9.17) is 19.2 Å². The second kappa shape index (κ2) is 11.4. The number of hydrogen-bond acceptors (Lipinski definition) is 7. The van der Waals surface area contributed by atoms with Crippen LogP contribution in [0, 0.1) is 3.57 Å². The lowest BCUT2D eigenvalue weighted by atomic mass is 10.1. The molecule has 0 N–H and O–H groups in total. The standard InChI is InChI=1S/C25H26IN3O5S/c1-4-29-24(31)21(14-16-12-19(26)22(33-3)20(13-16)32-2)35-25(29)27-18-7-5-6-17(15-18)23(30)28-8-10-34-11-9-28/h5-7,12-15H,4,8-11H2,1-3H3/b21-14+,27-25?. The van der Waals surface area contributed by atoms with E-state index in [1.54, 1.807) is 36.2 Å². The van der Waals surface area contributed by atoms with Gasteiger partial charge in [-0.1, -0.05) is 6.07 Å². The SMILES string of the molecule is CCN1C(=O)/C(=C\c2cc(I)c(OC)c(OC)c2)SC1=Nc1cccc(C(=O)N2CCOCC2)c1. The number of halogens is 1. The topological polar surface area (TPSA) is 80.7 Å². The molecular weight excluding hydrogens is 581 g/mol. The molecule has 184 valence electrons. The average molecular weight is 607 g/mol. The highest BCUT2D eigenvalue weighted by Crippen LogP contribution is 2.37. The number of methoxy groups -OCH3 is 2. The Morgan fingerprint density at radius 1 is 1.20 bits per heavy atom. The summed E-state index contributed by atoms with van der Waals surface area (Å²) in [4.78, 5) is 34.7. The van der Waals surface area contributed by atoms with Gasteiger partial charge in [-0.2, -0.15) is 0 Å². The molecule has 2 aromatic rings. The summed E-state index contributed by atoms with van der Waals surface area (Å²) in [5, 5.41) is 0.579. The number of hydrogen-bond donors (Lipinski definition) is 0. The molecule has 0 saturated carbocycles. The Morgan fingerprint density at radius 3 is 2.66 bits per heavy atom. The summed E-state index contributed by atoms with van der Waals surface area (Å²) in [7, 11) is 3.18. The Bertz CT molecular complexity index is 1190. The van der Waals surface area contributed by atoms with Crippen molar-refractivity contribution in [3.63, 3.8) is 0 Å². The lowest BCUT2D eigenvalue weighted by Gasteiger charge is -2.26. The fraction of sp³-hybridized carbons (Fsp3) is 0.320. The summed E-state index contributed by atoms with van der Waals surface area (Å²) in [6.07, 6.45) is 1.83. The third-order valence-electron chi connectivity index (χ3n) is 5.57. The molecule has 0 spiro atoms. The summed E-state index contributed by atoms with van der Waals surface area (Å²) >= 11 is 3.50. The van der Waals surface area contributed by atoms with Crippen LogP contribution in [0.2, 0.25) is 0 Å². The highest BCUT2D eigenvalue weighted by Gasteiger charge is 2.32. The fourth-order valence-corrected chi connectivity index (χ4v) is 5.72. The van der Waals surface area contributed by atoms with E-state index in [0.717, 1.165) is 9.13 Å². The van der Waals surface area contributed by atoms with Gasteiger partial charge < -0.3 is 19.1 Å². The van der Waals surface area contributed by atoms with Crippen molar-refractivity contribution in [1.82, 2.24) is 9.80 Å². The van der Waals surface area contributed by atoms with Crippen LogP contribution in [0.5, 0.6) is 11.5 Å². The molecule has 8 nitrogen and oxygen atoms in total. The van der Waals surface area contributed by atoms with Crippen LogP contribution in [0.15, 0.2) is 46.3 Å². The van der Waals surface area contributed by atoms with E-state index in [9.17, 15) is 9.59 Å². The first-order valence-corrected chi connectivity index (χ1v) is 13.0. The lowest BCUT2D eigenvalue weighted by Crippen LogP contribution is -2.40. The van der Waals surface area contributed by atoms with Crippen LogP contribution in [0.25, 0.3) is 6.08 Å². The number of ether oxygens (including phenoxy) is 3. The third kappa shape index (κ3) is 5.65. The molecule has 2 heterocycles. The van der Waals surface area contributed by atoms with Gasteiger partial charge in [0.2, 0.25) is 0 Å². The molecule has 35 heavy (non-hydrogen) atoms. The van der Waals surface area contributed by atoms with Crippen molar-refractivity contribution in [3.05, 3.63) is 56.0 Å². The maximum atomic E-state index is 13.1. The molecular formula is C25H26IN3O5S. The molecule has 0 bridgehead atoms. The summed E-state index contributed by atoms with van der Waals surface area (Å²) in [6, 6.07) is 11.0. The Hall–Kier alpha value is -2.57. The minimum absolute atomic E-state index is 0.0403. The number of carbonyl (C=O) groups excluding carboxylic acids is 2. The fourth-order valence-electron chi connectivity index (χ4n) is 3.81. The van der Waals surface area contributed by atoms with Crippen molar-refractivity contribution in [2.24, 2.45) is 4.99 Å². The molecule has 0 radical (unpaired) electrons. The molecule has 2 aliphatic rings. The second-order valence-corrected chi connectivity index (χ2v) is 9.92. The van der Waals surface area contributed by atoms with Gasteiger partial charge in [0.1, 0.15) is 0 Å². The van der Waals surface area contributed by atoms with Gasteiger partial charge in [-0.3, -0.25) is 14.5 Å². The lowest BCUT2D eigenvalue weighted by molar-refractivity contribution is -0.122. The smallest absolute Gasteiger partial charge is 0.266 e. The van der Waals surface area contributed by atoms with Crippen LogP contribution in [0.3, 0.4) is 0 Å². The monoisotopic (exact) mass is 607 g/mol. The van der Waals surface area contributed by atoms with Crippen LogP contribution >= 0.6 is 34.4 Å². The van der Waals surface area contributed by atoms with E-state index in [0.29, 0.717) is 65.7 Å². The largest absolute Gasteiger partial charge is 0.493 e. The van der Waals surface area contributed by atoms with Crippen LogP contribution in [0.4, 0.5) is 5.69 Å². The first kappa shape index (κ1) is 25.5. The highest BCUT2D eigenvalue weighted by molar-refractivity contribution is 14.1. The zero-order valence-corrected chi connectivity index (χ0v) is 22.7. The van der Waals surface area contributed by atoms with Gasteiger partial charge in [-0.05, 0) is 83.2 Å². The van der Waals surface area contributed by atoms with Gasteiger partial charge in [-0.25, -0.2) is 4.99 Å². The van der Waals surface area contributed by atoms with Gasteiger partial charge in [0.15, 0.2) is 16.7 Å². The summed E-state index contributed by atoms with van der Waals surface area (Å²) in [5.74, 6) is 1.11. The minimum Gasteiger partial charge on any atom is -0.493 e. The van der Waals surface area contributed by atoms with Crippen molar-refractivity contribution < 1.29 is 23.8 Å². The molecule has 2 aromatic carbocycles. The van der Waals surface area contributed by atoms with Crippen molar-refractivity contribution in [2.75, 3.05) is 47.1 Å². The Morgan fingerprint density at radius 2 is 1.97 bits per heavy atom. The summed E-state index contributed by atoms with van der Waals surface area (Å²) < 4.78 is 17.1. The molecule has 2 saturated heterocycles. The van der Waals surface area contributed by atoms with Gasteiger partial charge in [-0.15, -0.1) is 0 Å². The number of amidine groups is 1. The minimum atomic E-state index is -0.110. The molecule has 0 unspecified atom stereocenters. The molecule has 2 amide bonds. The molecule has 0 aromatic heterocycles. The van der Waals surface area contributed by atoms with Crippen LogP contribution < -0.4 is 9.47 Å². The van der Waals surface area contributed by atoms with Crippen molar-refractivity contribution in [1.29, 1.82) is 0 Å². The second-order valence-electron chi connectivity index (χ2n) is 7.75. The molecule has 10 heteroatoms. The van der Waals surface area contributed by atoms with E-state index in [1.165, 1.54) is 11.8 Å². The van der Waals surface area contributed by atoms with Crippen molar-refractivity contribution in [3.8, 4) is 11.5 Å². The van der Waals surface area contributed by atoms with Crippen molar-refractivity contribution in [2.45, 2.75) is 6.92 Å². The molecule has 0 atom stereocenters. The van der Waals surface area contributed by atoms with E-state index in [1.807, 2.05) is 37.3 Å². The van der Waals surface area contributed by atoms with E-state index in [2.05, 4.69) is 22.6 Å². The van der Waals surface area contributed by atoms with Crippen LogP contribution in [-0.2, 0) is 9.53 Å². The van der Waals surface area contributed by atoms with Crippen LogP contribution in [-0.4, -0.2) is 73.8 Å². The van der Waals surface area contributed by atoms with Crippen molar-refractivity contribution >= 4 is 63.1 Å². The first-order chi connectivity index (χ1) is 16.9. The molecule has 0 aliphatic carbocycles. The number of benzene rings is 2. The average Bonchev–Trinajstić information content (AvgIpc) is 3.17. The predicted molar refractivity (Wildman–Crippen MR) is 145 cm³/mol. The zero-order valence-electron chi connectivity index (χ0n) is 19.7. The van der Waals surface area contributed by atoms with Crippen LogP contribution in [0.1, 0.15) is 22.8 Å². The number of amides is 2. The number of likely N-dealkylation sites (N-methyl/N-ethyl adjacent to an activating group) is 1. The van der Waals surface area contributed by atoms with E-state index < -0.39 is 0 Å². The van der Waals surface area contributed by atoms with Gasteiger partial charge in [0.05, 0.1) is 41.6 Å². The Kier molecular flexibility index (Phi) is 8.34. The van der Waals surface area contributed by atoms with Gasteiger partial charge in [0.25, 0.3) is 11.8 Å². The normalized spacial score (nSPS) is 18.5. The highest BCUT2D eigenvalue weighted by atomic mass is 127. The maximum Gasteiger partial charge on any atom is 0.266 e. The number of nitrogens with zero attached hydrogens (tertiary/aromatic N) is 3. The molecule has 2 aliphatic heterocycles. The zero-order chi connectivity index (χ0) is 24.9. The van der Waals surface area contributed by atoms with Gasteiger partial charge in [0, 0.05) is 25.2 Å². The number of thioether (sulfide) groups is 1. The van der Waals surface area contributed by atoms with E-state index in [-0.39, 0.29) is 11.8 Å². The third-order valence-corrected chi connectivity index (χ3v) is 7.38. The summed E-state index contributed by atoms with van der Waals surface area (Å²) in [6.45, 7) is 4.65. The molecule has 2 fully saturated rings. The Balaban J connectivity index is 1.61. The molecule has 4 rings (SSSR count). The number of morpholine rings is 1. The predicted octanol–water partition coefficient (Wildman–Crippen LogP) is 4.40. The number of aliphatic imine (C=N–C) groups is 1. The number of rotatable bonds is 6. The quantitative estimate of drug-likeness (QED) is 0.358. The van der Waals surface area contributed by atoms with Gasteiger partial charge >= 0.3 is 0 Å². The Labute approximate surface area is 222 Å². The summed E-state index contributed by atoms with van der Waals surface area (Å²) in [5.41, 5.74) is 2.03. The first-order valence-electron chi connectivity index (χ1n) is 11.1.